The molecule has 1 aromatic carbocycles. The molecule has 7 heteroatoms. The minimum absolute atomic E-state index is 0.00567. The third kappa shape index (κ3) is 2.87. The Morgan fingerprint density at radius 1 is 1.29 bits per heavy atom. The van der Waals surface area contributed by atoms with Crippen molar-refractivity contribution >= 4 is 45.0 Å². The van der Waals surface area contributed by atoms with Crippen LogP contribution in [0.5, 0.6) is 0 Å². The summed E-state index contributed by atoms with van der Waals surface area (Å²) in [5.74, 6) is 1.02. The van der Waals surface area contributed by atoms with Crippen LogP contribution in [0, 0.1) is 0 Å². The fourth-order valence-electron chi connectivity index (χ4n) is 2.49. The van der Waals surface area contributed by atoms with Crippen molar-refractivity contribution < 1.29 is 0 Å². The van der Waals surface area contributed by atoms with E-state index in [-0.39, 0.29) is 5.08 Å². The minimum Gasteiger partial charge on any atom is -0.354 e. The summed E-state index contributed by atoms with van der Waals surface area (Å²) < 4.78 is 0. The molecule has 21 heavy (non-hydrogen) atoms. The lowest BCUT2D eigenvalue weighted by atomic mass is 10.2. The fourth-order valence-corrected chi connectivity index (χ4v) is 3.23. The zero-order chi connectivity index (χ0) is 15.1. The van der Waals surface area contributed by atoms with Gasteiger partial charge in [-0.3, -0.25) is 0 Å². The van der Waals surface area contributed by atoms with Crippen LogP contribution in [0.25, 0.3) is 0 Å². The second kappa shape index (κ2) is 5.71. The Balaban J connectivity index is 1.83. The van der Waals surface area contributed by atoms with Gasteiger partial charge in [0, 0.05) is 26.8 Å². The van der Waals surface area contributed by atoms with Crippen molar-refractivity contribution in [3.63, 3.8) is 0 Å². The zero-order valence-electron chi connectivity index (χ0n) is 11.7. The highest BCUT2D eigenvalue weighted by Gasteiger charge is 2.32. The van der Waals surface area contributed by atoms with E-state index < -0.39 is 0 Å². The molecule has 2 aliphatic rings. The molecule has 3 rings (SSSR count). The quantitative estimate of drug-likeness (QED) is 0.570. The number of aliphatic imine (C=N–C) groups is 1. The van der Waals surface area contributed by atoms with Crippen molar-refractivity contribution in [2.45, 2.75) is 11.6 Å². The van der Waals surface area contributed by atoms with E-state index in [1.54, 1.807) is 0 Å². The maximum Gasteiger partial charge on any atom is 0.180 e. The maximum absolute atomic E-state index is 6.08. The zero-order valence-corrected chi connectivity index (χ0v) is 14.8. The van der Waals surface area contributed by atoms with Gasteiger partial charge in [0.1, 0.15) is 0 Å². The molecule has 0 bridgehead atoms. The largest absolute Gasteiger partial charge is 0.354 e. The van der Waals surface area contributed by atoms with Crippen molar-refractivity contribution in [3.8, 4) is 0 Å². The lowest BCUT2D eigenvalue weighted by Gasteiger charge is -2.35. The number of nitrogens with zero attached hydrogens (tertiary/aromatic N) is 4. The van der Waals surface area contributed by atoms with Gasteiger partial charge >= 0.3 is 0 Å². The van der Waals surface area contributed by atoms with Gasteiger partial charge in [-0.05, 0) is 33.6 Å². The third-order valence-electron chi connectivity index (χ3n) is 3.59. The lowest BCUT2D eigenvalue weighted by Crippen LogP contribution is -2.42. The molecule has 0 N–H and O–H groups in total. The molecule has 0 radical (unpaired) electrons. The molecule has 0 amide bonds. The Morgan fingerprint density at radius 2 is 2.05 bits per heavy atom. The Labute approximate surface area is 142 Å². The van der Waals surface area contributed by atoms with Crippen LogP contribution in [-0.2, 0) is 6.54 Å². The first kappa shape index (κ1) is 15.0. The van der Waals surface area contributed by atoms with Crippen molar-refractivity contribution in [1.29, 1.82) is 0 Å². The lowest BCUT2D eigenvalue weighted by molar-refractivity contribution is 0.247. The molecule has 2 heterocycles. The van der Waals surface area contributed by atoms with Crippen LogP contribution in [0.15, 0.2) is 35.1 Å². The van der Waals surface area contributed by atoms with E-state index in [0.29, 0.717) is 10.0 Å². The summed E-state index contributed by atoms with van der Waals surface area (Å²) in [5.41, 5.74) is 2.25. The van der Waals surface area contributed by atoms with Gasteiger partial charge in [0.2, 0.25) is 0 Å². The molecule has 0 spiro atoms. The smallest absolute Gasteiger partial charge is 0.180 e. The maximum atomic E-state index is 6.08. The fraction of sp³-hybridized carbons (Fsp3) is 0.357. The highest BCUT2D eigenvalue weighted by molar-refractivity contribution is 9.09. The van der Waals surface area contributed by atoms with E-state index in [9.17, 15) is 0 Å². The number of rotatable bonds is 2. The van der Waals surface area contributed by atoms with Gasteiger partial charge < -0.3 is 14.7 Å². The van der Waals surface area contributed by atoms with E-state index in [1.165, 1.54) is 0 Å². The Bertz CT molecular complexity index is 631. The molecule has 1 atom stereocenters. The van der Waals surface area contributed by atoms with Crippen molar-refractivity contribution in [2.75, 3.05) is 20.8 Å². The number of benzene rings is 1. The Morgan fingerprint density at radius 3 is 2.76 bits per heavy atom. The van der Waals surface area contributed by atoms with Crippen LogP contribution in [0.2, 0.25) is 10.0 Å². The molecular formula is C14H15BrCl2N4. The number of likely N-dealkylation sites (N-methyl/N-ethyl adjacent to an activating group) is 2. The number of hydrogen-bond acceptors (Lipinski definition) is 4. The molecule has 0 saturated carbocycles. The summed E-state index contributed by atoms with van der Waals surface area (Å²) in [6.07, 6.45) is 2.14. The highest BCUT2D eigenvalue weighted by Crippen LogP contribution is 2.29. The van der Waals surface area contributed by atoms with Crippen LogP contribution in [0.4, 0.5) is 0 Å². The minimum atomic E-state index is 0.00567. The van der Waals surface area contributed by atoms with Gasteiger partial charge in [-0.15, -0.1) is 0 Å². The topological polar surface area (TPSA) is 22.1 Å². The van der Waals surface area contributed by atoms with Gasteiger partial charge in [-0.2, -0.15) is 0 Å². The van der Waals surface area contributed by atoms with E-state index in [4.69, 9.17) is 23.2 Å². The summed E-state index contributed by atoms with van der Waals surface area (Å²) in [5, 5.41) is 1.18. The van der Waals surface area contributed by atoms with Crippen LogP contribution in [-0.4, -0.2) is 46.4 Å². The molecule has 0 fully saturated rings. The first-order chi connectivity index (χ1) is 9.95. The number of halogens is 3. The van der Waals surface area contributed by atoms with Crippen molar-refractivity contribution in [2.24, 2.45) is 4.99 Å². The highest BCUT2D eigenvalue weighted by atomic mass is 79.9. The summed E-state index contributed by atoms with van der Waals surface area (Å²) in [6.45, 7) is 1.56. The van der Waals surface area contributed by atoms with E-state index in [0.717, 1.165) is 30.3 Å². The van der Waals surface area contributed by atoms with Gasteiger partial charge in [0.05, 0.1) is 22.4 Å². The van der Waals surface area contributed by atoms with E-state index >= 15 is 0 Å². The first-order valence-electron chi connectivity index (χ1n) is 6.51. The molecule has 1 unspecified atom stereocenters. The summed E-state index contributed by atoms with van der Waals surface area (Å²) in [6, 6.07) is 5.75. The first-order valence-corrected chi connectivity index (χ1v) is 8.19. The van der Waals surface area contributed by atoms with Gasteiger partial charge in [0.25, 0.3) is 0 Å². The van der Waals surface area contributed by atoms with Crippen molar-refractivity contribution in [1.82, 2.24) is 14.7 Å². The van der Waals surface area contributed by atoms with Crippen LogP contribution >= 0.6 is 39.1 Å². The van der Waals surface area contributed by atoms with Crippen LogP contribution in [0.3, 0.4) is 0 Å². The normalized spacial score (nSPS) is 21.4. The monoisotopic (exact) mass is 388 g/mol. The second-order valence-corrected chi connectivity index (χ2v) is 6.86. The standard InChI is InChI=1S/C14H15BrCl2N4/c1-19-8-21(6-9-3-4-10(16)11(17)5-9)7-12-13(19)18-14(15)20(12)2/h3-5,7,14H,6,8H2,1-2H3. The van der Waals surface area contributed by atoms with Crippen LogP contribution < -0.4 is 0 Å². The Kier molecular flexibility index (Phi) is 4.08. The number of alkyl halides is 1. The molecule has 1 aromatic rings. The number of amidine groups is 1. The number of hydrogen-bond donors (Lipinski definition) is 0. The summed E-state index contributed by atoms with van der Waals surface area (Å²) in [4.78, 5) is 11.1. The molecule has 112 valence electrons. The predicted molar refractivity (Wildman–Crippen MR) is 90.6 cm³/mol. The SMILES string of the molecule is CN1CN(Cc2ccc(Cl)c(Cl)c2)C=C2C1=NC(Br)N2C. The average Bonchev–Trinajstić information content (AvgIpc) is 2.72. The predicted octanol–water partition coefficient (Wildman–Crippen LogP) is 3.56. The summed E-state index contributed by atoms with van der Waals surface area (Å²) in [7, 11) is 4.07. The average molecular weight is 390 g/mol. The molecule has 2 aliphatic heterocycles. The molecule has 0 aliphatic carbocycles. The number of fused-ring (bicyclic) bond motifs is 1. The van der Waals surface area contributed by atoms with Gasteiger partial charge in [-0.1, -0.05) is 29.3 Å². The molecule has 0 saturated heterocycles. The summed E-state index contributed by atoms with van der Waals surface area (Å²) >= 11 is 15.6. The third-order valence-corrected chi connectivity index (χ3v) is 5.15. The molecule has 0 aromatic heterocycles. The Hall–Kier alpha value is -0.910. The molecule has 4 nitrogen and oxygen atoms in total. The van der Waals surface area contributed by atoms with Gasteiger partial charge in [-0.25, -0.2) is 4.99 Å². The van der Waals surface area contributed by atoms with Crippen LogP contribution in [0.1, 0.15) is 5.56 Å². The molecular weight excluding hydrogens is 375 g/mol. The van der Waals surface area contributed by atoms with E-state index in [1.807, 2.05) is 32.3 Å². The van der Waals surface area contributed by atoms with Gasteiger partial charge in [0.15, 0.2) is 10.9 Å². The second-order valence-electron chi connectivity index (χ2n) is 5.22. The van der Waals surface area contributed by atoms with E-state index in [2.05, 4.69) is 41.8 Å². The van der Waals surface area contributed by atoms with Crippen molar-refractivity contribution in [3.05, 3.63) is 45.7 Å².